The number of nitrogens with zero attached hydrogens (tertiary/aromatic N) is 4. The molecule has 4 aromatic rings. The number of aromatic nitrogens is 5. The molecule has 0 aliphatic carbocycles. The Kier molecular flexibility index (Phi) is 2.47. The van der Waals surface area contributed by atoms with Crippen molar-refractivity contribution in [2.45, 2.75) is 0 Å². The van der Waals surface area contributed by atoms with Crippen molar-refractivity contribution in [1.29, 1.82) is 0 Å². The van der Waals surface area contributed by atoms with E-state index in [1.807, 2.05) is 53.2 Å². The van der Waals surface area contributed by atoms with Gasteiger partial charge >= 0.3 is 0 Å². The second-order valence-corrected chi connectivity index (χ2v) is 4.69. The summed E-state index contributed by atoms with van der Waals surface area (Å²) in [5.74, 6) is 0.907. The van der Waals surface area contributed by atoms with Gasteiger partial charge in [0.15, 0.2) is 5.82 Å². The maximum absolute atomic E-state index is 5.52. The van der Waals surface area contributed by atoms with E-state index in [4.69, 9.17) is 5.73 Å². The first kappa shape index (κ1) is 11.7. The van der Waals surface area contributed by atoms with E-state index < -0.39 is 0 Å². The van der Waals surface area contributed by atoms with Crippen molar-refractivity contribution in [3.05, 3.63) is 54.9 Å². The Bertz CT molecular complexity index is 903. The highest BCUT2D eigenvalue weighted by molar-refractivity contribution is 5.78. The molecule has 102 valence electrons. The number of nitrogens with two attached hydrogens (primary N) is 1. The lowest BCUT2D eigenvalue weighted by molar-refractivity contribution is 1.09. The molecule has 6 nitrogen and oxygen atoms in total. The van der Waals surface area contributed by atoms with E-state index in [1.54, 1.807) is 6.20 Å². The van der Waals surface area contributed by atoms with Crippen LogP contribution in [0.15, 0.2) is 54.9 Å². The average Bonchev–Trinajstić information content (AvgIpc) is 3.14. The van der Waals surface area contributed by atoms with Crippen LogP contribution >= 0.6 is 0 Å². The summed E-state index contributed by atoms with van der Waals surface area (Å²) < 4.78 is 2.05. The number of nitrogen functional groups attached to an aromatic ring is 1. The number of H-pyrrole nitrogens is 1. The number of aromatic amines is 1. The van der Waals surface area contributed by atoms with Crippen LogP contribution in [0.2, 0.25) is 0 Å². The quantitative estimate of drug-likeness (QED) is 0.588. The van der Waals surface area contributed by atoms with Crippen LogP contribution in [0.4, 0.5) is 5.95 Å². The van der Waals surface area contributed by atoms with E-state index in [0.717, 1.165) is 22.3 Å². The molecule has 0 amide bonds. The second kappa shape index (κ2) is 4.45. The average molecular weight is 276 g/mol. The Morgan fingerprint density at radius 2 is 1.90 bits per heavy atom. The van der Waals surface area contributed by atoms with Gasteiger partial charge in [-0.15, -0.1) is 5.10 Å². The minimum atomic E-state index is 0.245. The van der Waals surface area contributed by atoms with Crippen LogP contribution in [0.3, 0.4) is 0 Å². The van der Waals surface area contributed by atoms with Gasteiger partial charge in [0.1, 0.15) is 5.65 Å². The molecular weight excluding hydrogens is 264 g/mol. The van der Waals surface area contributed by atoms with Crippen LogP contribution in [0.5, 0.6) is 0 Å². The molecule has 4 rings (SSSR count). The number of fused-ring (bicyclic) bond motifs is 1. The van der Waals surface area contributed by atoms with Crippen LogP contribution in [-0.2, 0) is 0 Å². The van der Waals surface area contributed by atoms with Gasteiger partial charge in [-0.3, -0.25) is 5.10 Å². The largest absolute Gasteiger partial charge is 0.366 e. The zero-order chi connectivity index (χ0) is 14.2. The highest BCUT2D eigenvalue weighted by atomic mass is 15.3. The van der Waals surface area contributed by atoms with E-state index in [9.17, 15) is 0 Å². The van der Waals surface area contributed by atoms with E-state index in [-0.39, 0.29) is 5.95 Å². The number of hydrogen-bond acceptors (Lipinski definition) is 4. The summed E-state index contributed by atoms with van der Waals surface area (Å²) in [6.45, 7) is 0. The Balaban J connectivity index is 1.76. The van der Waals surface area contributed by atoms with Gasteiger partial charge in [-0.25, -0.2) is 4.98 Å². The Labute approximate surface area is 120 Å². The summed E-state index contributed by atoms with van der Waals surface area (Å²) in [6, 6.07) is 14.0. The van der Waals surface area contributed by atoms with Crippen molar-refractivity contribution in [3.8, 4) is 17.1 Å². The summed E-state index contributed by atoms with van der Waals surface area (Å²) in [7, 11) is 0. The molecule has 0 saturated carbocycles. The molecule has 3 aromatic heterocycles. The molecule has 0 aliphatic heterocycles. The molecule has 0 radical (unpaired) electrons. The third kappa shape index (κ3) is 1.93. The van der Waals surface area contributed by atoms with Gasteiger partial charge in [0.25, 0.3) is 0 Å². The zero-order valence-electron chi connectivity index (χ0n) is 11.1. The predicted molar refractivity (Wildman–Crippen MR) is 80.9 cm³/mol. The standard InChI is InChI=1S/C15H12N6/c16-15-18-13(19-20-15)10-3-5-12(6-4-10)21-9-7-11-2-1-8-17-14(11)21/h1-9H,(H3,16,18,19,20). The summed E-state index contributed by atoms with van der Waals surface area (Å²) in [5.41, 5.74) is 8.44. The molecule has 0 aliphatic rings. The molecule has 0 bridgehead atoms. The zero-order valence-corrected chi connectivity index (χ0v) is 11.1. The van der Waals surface area contributed by atoms with E-state index in [2.05, 4.69) is 20.2 Å². The molecule has 0 saturated heterocycles. The molecule has 3 N–H and O–H groups in total. The molecule has 0 atom stereocenters. The topological polar surface area (TPSA) is 85.4 Å². The van der Waals surface area contributed by atoms with Crippen LogP contribution in [-0.4, -0.2) is 24.7 Å². The van der Waals surface area contributed by atoms with Gasteiger partial charge in [-0.2, -0.15) is 4.98 Å². The van der Waals surface area contributed by atoms with Gasteiger partial charge in [-0.1, -0.05) is 0 Å². The summed E-state index contributed by atoms with van der Waals surface area (Å²) in [6.07, 6.45) is 3.81. The maximum Gasteiger partial charge on any atom is 0.239 e. The SMILES string of the molecule is Nc1n[nH]c(-c2ccc(-n3ccc4cccnc43)cc2)n1. The lowest BCUT2D eigenvalue weighted by Gasteiger charge is -2.05. The third-order valence-electron chi connectivity index (χ3n) is 3.37. The first-order chi connectivity index (χ1) is 10.3. The van der Waals surface area contributed by atoms with Crippen LogP contribution < -0.4 is 5.73 Å². The maximum atomic E-state index is 5.52. The monoisotopic (exact) mass is 276 g/mol. The van der Waals surface area contributed by atoms with Crippen molar-refractivity contribution >= 4 is 17.0 Å². The molecule has 0 fully saturated rings. The van der Waals surface area contributed by atoms with Crippen molar-refractivity contribution in [2.24, 2.45) is 0 Å². The van der Waals surface area contributed by atoms with Crippen molar-refractivity contribution in [1.82, 2.24) is 24.7 Å². The fourth-order valence-electron chi connectivity index (χ4n) is 2.36. The van der Waals surface area contributed by atoms with Gasteiger partial charge in [0.2, 0.25) is 5.95 Å². The number of hydrogen-bond donors (Lipinski definition) is 2. The van der Waals surface area contributed by atoms with Gasteiger partial charge in [-0.05, 0) is 42.5 Å². The summed E-state index contributed by atoms with van der Waals surface area (Å²) in [4.78, 5) is 8.53. The van der Waals surface area contributed by atoms with Gasteiger partial charge in [0.05, 0.1) is 0 Å². The lowest BCUT2D eigenvalue weighted by Crippen LogP contribution is -1.93. The molecule has 3 heterocycles. The Morgan fingerprint density at radius 1 is 1.05 bits per heavy atom. The van der Waals surface area contributed by atoms with Crippen LogP contribution in [0, 0.1) is 0 Å². The number of nitrogens with one attached hydrogen (secondary N) is 1. The smallest absolute Gasteiger partial charge is 0.239 e. The van der Waals surface area contributed by atoms with E-state index in [0.29, 0.717) is 5.82 Å². The minimum Gasteiger partial charge on any atom is -0.366 e. The summed E-state index contributed by atoms with van der Waals surface area (Å²) >= 11 is 0. The molecule has 0 spiro atoms. The number of benzene rings is 1. The highest BCUT2D eigenvalue weighted by Gasteiger charge is 2.06. The van der Waals surface area contributed by atoms with Crippen LogP contribution in [0.25, 0.3) is 28.1 Å². The number of anilines is 1. The fraction of sp³-hybridized carbons (Fsp3) is 0. The third-order valence-corrected chi connectivity index (χ3v) is 3.37. The number of rotatable bonds is 2. The first-order valence-corrected chi connectivity index (χ1v) is 6.52. The Hall–Kier alpha value is -3.15. The van der Waals surface area contributed by atoms with Crippen molar-refractivity contribution in [3.63, 3.8) is 0 Å². The second-order valence-electron chi connectivity index (χ2n) is 4.69. The Morgan fingerprint density at radius 3 is 2.67 bits per heavy atom. The van der Waals surface area contributed by atoms with E-state index >= 15 is 0 Å². The number of pyridine rings is 1. The van der Waals surface area contributed by atoms with Gasteiger partial charge < -0.3 is 10.3 Å². The molecule has 21 heavy (non-hydrogen) atoms. The highest BCUT2D eigenvalue weighted by Crippen LogP contribution is 2.21. The molecular formula is C15H12N6. The normalized spacial score (nSPS) is 11.0. The van der Waals surface area contributed by atoms with Crippen LogP contribution in [0.1, 0.15) is 0 Å². The molecule has 1 aromatic carbocycles. The minimum absolute atomic E-state index is 0.245. The summed E-state index contributed by atoms with van der Waals surface area (Å²) in [5, 5.41) is 7.75. The fourth-order valence-corrected chi connectivity index (χ4v) is 2.36. The molecule has 6 heteroatoms. The van der Waals surface area contributed by atoms with Gasteiger partial charge in [0, 0.05) is 29.0 Å². The van der Waals surface area contributed by atoms with Crippen molar-refractivity contribution in [2.75, 3.05) is 5.73 Å². The van der Waals surface area contributed by atoms with Crippen molar-refractivity contribution < 1.29 is 0 Å². The van der Waals surface area contributed by atoms with E-state index in [1.165, 1.54) is 0 Å². The molecule has 0 unspecified atom stereocenters. The first-order valence-electron chi connectivity index (χ1n) is 6.52. The predicted octanol–water partition coefficient (Wildman–Crippen LogP) is 2.39. The lowest BCUT2D eigenvalue weighted by atomic mass is 10.2.